The second kappa shape index (κ2) is 7.01. The minimum absolute atomic E-state index is 0.389. The van der Waals surface area contributed by atoms with Crippen LogP contribution >= 0.6 is 0 Å². The molecule has 4 nitrogen and oxygen atoms in total. The molecule has 0 aliphatic heterocycles. The van der Waals surface area contributed by atoms with Crippen molar-refractivity contribution in [2.24, 2.45) is 0 Å². The van der Waals surface area contributed by atoms with Gasteiger partial charge >= 0.3 is 0 Å². The van der Waals surface area contributed by atoms with Crippen LogP contribution in [0.5, 0.6) is 5.75 Å². The topological polar surface area (TPSA) is 47.0 Å². The van der Waals surface area contributed by atoms with Crippen molar-refractivity contribution >= 4 is 0 Å². The summed E-state index contributed by atoms with van der Waals surface area (Å²) in [6.45, 7) is 7.51. The van der Waals surface area contributed by atoms with Gasteiger partial charge in [-0.15, -0.1) is 0 Å². The first-order valence-corrected chi connectivity index (χ1v) is 6.87. The van der Waals surface area contributed by atoms with Crippen LogP contribution < -0.4 is 10.1 Å². The summed E-state index contributed by atoms with van der Waals surface area (Å²) in [5.74, 6) is 1.62. The van der Waals surface area contributed by atoms with E-state index in [2.05, 4.69) is 54.3 Å². The molecule has 0 unspecified atom stereocenters. The summed E-state index contributed by atoms with van der Waals surface area (Å²) in [5.41, 5.74) is 2.29. The lowest BCUT2D eigenvalue weighted by Crippen LogP contribution is -2.22. The minimum atomic E-state index is 0.389. The van der Waals surface area contributed by atoms with Crippen molar-refractivity contribution in [3.8, 4) is 5.75 Å². The van der Waals surface area contributed by atoms with E-state index in [1.165, 1.54) is 0 Å². The van der Waals surface area contributed by atoms with Gasteiger partial charge in [0, 0.05) is 30.5 Å². The van der Waals surface area contributed by atoms with Crippen molar-refractivity contribution in [1.29, 1.82) is 0 Å². The summed E-state index contributed by atoms with van der Waals surface area (Å²) >= 11 is 0. The zero-order valence-electron chi connectivity index (χ0n) is 12.3. The Morgan fingerprint density at radius 3 is 2.60 bits per heavy atom. The van der Waals surface area contributed by atoms with Crippen molar-refractivity contribution in [2.45, 2.75) is 40.0 Å². The molecule has 0 aliphatic rings. The zero-order valence-corrected chi connectivity index (χ0v) is 12.3. The second-order valence-corrected chi connectivity index (χ2v) is 5.05. The molecular formula is C16H21N3O. The average molecular weight is 271 g/mol. The van der Waals surface area contributed by atoms with Crippen molar-refractivity contribution in [3.05, 3.63) is 53.6 Å². The monoisotopic (exact) mass is 271 g/mol. The molecule has 2 aromatic rings. The highest BCUT2D eigenvalue weighted by Crippen LogP contribution is 2.24. The Morgan fingerprint density at radius 2 is 1.90 bits per heavy atom. The van der Waals surface area contributed by atoms with Gasteiger partial charge in [0.05, 0.1) is 0 Å². The third-order valence-electron chi connectivity index (χ3n) is 2.96. The quantitative estimate of drug-likeness (QED) is 0.877. The molecule has 1 heterocycles. The van der Waals surface area contributed by atoms with Gasteiger partial charge in [-0.25, -0.2) is 9.97 Å². The molecule has 0 saturated heterocycles. The van der Waals surface area contributed by atoms with E-state index in [9.17, 15) is 0 Å². The fraction of sp³-hybridized carbons (Fsp3) is 0.375. The number of rotatable bonds is 6. The van der Waals surface area contributed by atoms with Crippen LogP contribution in [0.2, 0.25) is 0 Å². The van der Waals surface area contributed by atoms with Crippen molar-refractivity contribution in [3.63, 3.8) is 0 Å². The lowest BCUT2D eigenvalue weighted by atomic mass is 10.1. The summed E-state index contributed by atoms with van der Waals surface area (Å²) in [5, 5.41) is 3.42. The fourth-order valence-electron chi connectivity index (χ4n) is 1.91. The highest BCUT2D eigenvalue weighted by molar-refractivity contribution is 5.40. The van der Waals surface area contributed by atoms with E-state index < -0.39 is 0 Å². The minimum Gasteiger partial charge on any atom is -0.485 e. The summed E-state index contributed by atoms with van der Waals surface area (Å²) < 4.78 is 5.92. The fourth-order valence-corrected chi connectivity index (χ4v) is 1.91. The van der Waals surface area contributed by atoms with Crippen LogP contribution in [0.1, 0.15) is 30.8 Å². The van der Waals surface area contributed by atoms with Gasteiger partial charge in [0.25, 0.3) is 0 Å². The van der Waals surface area contributed by atoms with Crippen LogP contribution in [0.4, 0.5) is 0 Å². The van der Waals surface area contributed by atoms with Gasteiger partial charge in [-0.3, -0.25) is 0 Å². The summed E-state index contributed by atoms with van der Waals surface area (Å²) in [4.78, 5) is 8.35. The summed E-state index contributed by atoms with van der Waals surface area (Å²) in [6, 6.07) is 8.44. The number of ether oxygens (including phenoxy) is 1. The van der Waals surface area contributed by atoms with E-state index in [0.29, 0.717) is 18.5 Å². The van der Waals surface area contributed by atoms with Crippen LogP contribution in [0.25, 0.3) is 0 Å². The molecule has 106 valence electrons. The van der Waals surface area contributed by atoms with Crippen molar-refractivity contribution in [2.75, 3.05) is 0 Å². The standard InChI is InChI=1S/C16H21N3O/c1-12(2)19-10-14-7-4-6-13(3)16(14)20-11-15-17-8-5-9-18-15/h4-9,12,19H,10-11H2,1-3H3. The average Bonchev–Trinajstić information content (AvgIpc) is 2.45. The molecule has 0 bridgehead atoms. The van der Waals surface area contributed by atoms with E-state index >= 15 is 0 Å². The number of aryl methyl sites for hydroxylation is 1. The third-order valence-corrected chi connectivity index (χ3v) is 2.96. The molecule has 2 rings (SSSR count). The van der Waals surface area contributed by atoms with Crippen LogP contribution in [0.3, 0.4) is 0 Å². The predicted molar refractivity (Wildman–Crippen MR) is 79.5 cm³/mol. The Morgan fingerprint density at radius 1 is 1.15 bits per heavy atom. The first kappa shape index (κ1) is 14.5. The molecular weight excluding hydrogens is 250 g/mol. The van der Waals surface area contributed by atoms with Gasteiger partial charge in [0.15, 0.2) is 5.82 Å². The molecule has 0 aliphatic carbocycles. The van der Waals surface area contributed by atoms with Gasteiger partial charge < -0.3 is 10.1 Å². The van der Waals surface area contributed by atoms with Gasteiger partial charge in [-0.1, -0.05) is 32.0 Å². The van der Waals surface area contributed by atoms with Gasteiger partial charge in [0.2, 0.25) is 0 Å². The molecule has 0 fully saturated rings. The van der Waals surface area contributed by atoms with Crippen LogP contribution in [-0.2, 0) is 13.2 Å². The molecule has 1 aromatic carbocycles. The summed E-state index contributed by atoms with van der Waals surface area (Å²) in [7, 11) is 0. The number of nitrogens with zero attached hydrogens (tertiary/aromatic N) is 2. The van der Waals surface area contributed by atoms with Crippen LogP contribution in [-0.4, -0.2) is 16.0 Å². The number of hydrogen-bond acceptors (Lipinski definition) is 4. The van der Waals surface area contributed by atoms with Gasteiger partial charge in [-0.2, -0.15) is 0 Å². The molecule has 0 radical (unpaired) electrons. The normalized spacial score (nSPS) is 10.8. The van der Waals surface area contributed by atoms with E-state index in [1.807, 2.05) is 0 Å². The highest BCUT2D eigenvalue weighted by atomic mass is 16.5. The number of benzene rings is 1. The highest BCUT2D eigenvalue weighted by Gasteiger charge is 2.08. The number of hydrogen-bond donors (Lipinski definition) is 1. The number of nitrogens with one attached hydrogen (secondary N) is 1. The maximum absolute atomic E-state index is 5.92. The van der Waals surface area contributed by atoms with E-state index in [1.54, 1.807) is 18.5 Å². The Kier molecular flexibility index (Phi) is 5.07. The molecule has 4 heteroatoms. The first-order chi connectivity index (χ1) is 9.66. The zero-order chi connectivity index (χ0) is 14.4. The number of aromatic nitrogens is 2. The maximum Gasteiger partial charge on any atom is 0.166 e. The van der Waals surface area contributed by atoms with E-state index in [4.69, 9.17) is 4.74 Å². The lowest BCUT2D eigenvalue weighted by molar-refractivity contribution is 0.289. The smallest absolute Gasteiger partial charge is 0.166 e. The largest absolute Gasteiger partial charge is 0.485 e. The molecule has 0 atom stereocenters. The molecule has 0 spiro atoms. The van der Waals surface area contributed by atoms with E-state index in [0.717, 1.165) is 23.4 Å². The van der Waals surface area contributed by atoms with Gasteiger partial charge in [-0.05, 0) is 18.6 Å². The molecule has 1 aromatic heterocycles. The molecule has 20 heavy (non-hydrogen) atoms. The Labute approximate surface area is 120 Å². The Bertz CT molecular complexity index is 541. The number of para-hydroxylation sites is 1. The van der Waals surface area contributed by atoms with Crippen molar-refractivity contribution in [1.82, 2.24) is 15.3 Å². The Hall–Kier alpha value is -1.94. The maximum atomic E-state index is 5.92. The molecule has 0 saturated carbocycles. The molecule has 1 N–H and O–H groups in total. The Balaban J connectivity index is 2.09. The predicted octanol–water partition coefficient (Wildman–Crippen LogP) is 2.86. The SMILES string of the molecule is Cc1cccc(CNC(C)C)c1OCc1ncccn1. The third kappa shape index (κ3) is 4.03. The van der Waals surface area contributed by atoms with Gasteiger partial charge in [0.1, 0.15) is 12.4 Å². The summed E-state index contributed by atoms with van der Waals surface area (Å²) in [6.07, 6.45) is 3.45. The van der Waals surface area contributed by atoms with Crippen LogP contribution in [0.15, 0.2) is 36.7 Å². The second-order valence-electron chi connectivity index (χ2n) is 5.05. The molecule has 0 amide bonds. The van der Waals surface area contributed by atoms with E-state index in [-0.39, 0.29) is 0 Å². The van der Waals surface area contributed by atoms with Crippen LogP contribution in [0, 0.1) is 6.92 Å². The lowest BCUT2D eigenvalue weighted by Gasteiger charge is -2.15. The first-order valence-electron chi connectivity index (χ1n) is 6.87. The van der Waals surface area contributed by atoms with Crippen molar-refractivity contribution < 1.29 is 4.74 Å².